The normalized spacial score (nSPS) is 5.33. The summed E-state index contributed by atoms with van der Waals surface area (Å²) in [5.74, 6) is 0. The zero-order chi connectivity index (χ0) is 7.15. The zero-order valence-electron chi connectivity index (χ0n) is 3.72. The van der Waals surface area contributed by atoms with Crippen LogP contribution in [0.3, 0.4) is 0 Å². The maximum atomic E-state index is 8.25. The Hall–Kier alpha value is -0.0156. The Bertz CT molecular complexity index is 69.1. The maximum absolute atomic E-state index is 8.25. The molecule has 0 aliphatic carbocycles. The molecular weight excluding hydrogens is 276 g/mol. The molecule has 0 rings (SSSR count). The Morgan fingerprint density at radius 2 is 0.778 bits per heavy atom. The van der Waals surface area contributed by atoms with E-state index < -0.39 is 10.2 Å². The summed E-state index contributed by atoms with van der Waals surface area (Å²) in [7, 11) is 0. The van der Waals surface area contributed by atoms with E-state index in [1.165, 1.54) is 0 Å². The van der Waals surface area contributed by atoms with Gasteiger partial charge in [-0.1, -0.05) is 0 Å². The van der Waals surface area contributed by atoms with Crippen LogP contribution in [0, 0.1) is 80.0 Å². The molecule has 0 aliphatic rings. The minimum Gasteiger partial charge on any atom is -0.356 e. The van der Waals surface area contributed by atoms with Gasteiger partial charge in [0.2, 0.25) is 0 Å². The number of hydrogen-bond donors (Lipinski definition) is 0. The van der Waals surface area contributed by atoms with E-state index in [9.17, 15) is 0 Å². The minimum atomic E-state index is -1.75. The van der Waals surface area contributed by atoms with Crippen molar-refractivity contribution in [1.29, 1.82) is 0 Å². The van der Waals surface area contributed by atoms with Crippen molar-refractivity contribution in [2.75, 3.05) is 0 Å². The van der Waals surface area contributed by atoms with E-state index in [0.29, 0.717) is 0 Å². The smallest absolute Gasteiger partial charge is 0.356 e. The van der Waals surface area contributed by atoms with E-state index in [2.05, 4.69) is 0 Å². The van der Waals surface area contributed by atoms with Crippen LogP contribution in [0.1, 0.15) is 0 Å². The predicted molar refractivity (Wildman–Crippen MR) is 20.7 cm³/mol. The molecule has 0 bridgehead atoms. The fraction of sp³-hybridized carbons (Fsp3) is 0. The van der Waals surface area contributed by atoms with E-state index in [4.69, 9.17) is 30.6 Å². The fourth-order valence-electron chi connectivity index (χ4n) is 0. The molecule has 0 aromatic rings. The van der Waals surface area contributed by atoms with Crippen molar-refractivity contribution in [3.8, 4) is 0 Å². The summed E-state index contributed by atoms with van der Waals surface area (Å²) in [5, 5.41) is 29.5. The molecule has 0 unspecified atom stereocenters. The minimum absolute atomic E-state index is 0. The third-order valence-electron chi connectivity index (χ3n) is 0. The van der Waals surface area contributed by atoms with E-state index >= 15 is 0 Å². The first-order valence-electron chi connectivity index (χ1n) is 1.10. The molecule has 0 amide bonds. The summed E-state index contributed by atoms with van der Waals surface area (Å²) in [6.45, 7) is 0. The zero-order valence-corrected chi connectivity index (χ0v) is 6.15. The predicted octanol–water partition coefficient (Wildman–Crippen LogP) is -0.478. The molecule has 0 saturated heterocycles. The molecular formula is EuN2O6. The summed E-state index contributed by atoms with van der Waals surface area (Å²) in [4.78, 5) is 16.5. The molecule has 0 aromatic carbocycles. The Kier molecular flexibility index (Phi) is 19.3. The van der Waals surface area contributed by atoms with E-state index in [0.717, 1.165) is 0 Å². The molecule has 0 N–H and O–H groups in total. The van der Waals surface area contributed by atoms with Gasteiger partial charge in [-0.3, -0.25) is 0 Å². The average molecular weight is 276 g/mol. The monoisotopic (exact) mass is 277 g/mol. The van der Waals surface area contributed by atoms with Crippen LogP contribution in [0.25, 0.3) is 0 Å². The molecule has 9 heteroatoms. The van der Waals surface area contributed by atoms with E-state index in [1.54, 1.807) is 0 Å². The van der Waals surface area contributed by atoms with Crippen LogP contribution in [0.5, 0.6) is 0 Å². The van der Waals surface area contributed by atoms with Crippen LogP contribution in [0.4, 0.5) is 0 Å². The van der Waals surface area contributed by atoms with Gasteiger partial charge in [0.25, 0.3) is 0 Å². The first-order chi connectivity index (χ1) is 3.46. The molecule has 0 aromatic heterocycles. The summed E-state index contributed by atoms with van der Waals surface area (Å²) < 4.78 is 0. The molecule has 0 spiro atoms. The van der Waals surface area contributed by atoms with Gasteiger partial charge in [0.05, 0.1) is 10.2 Å². The first-order valence-corrected chi connectivity index (χ1v) is 1.10. The summed E-state index contributed by atoms with van der Waals surface area (Å²) in [6, 6.07) is 0. The third kappa shape index (κ3) is 1180000. The molecule has 9 heavy (non-hydrogen) atoms. The second-order valence-corrected chi connectivity index (χ2v) is 0.447. The van der Waals surface area contributed by atoms with Gasteiger partial charge in [-0.15, -0.1) is 0 Å². The number of nitrogens with zero attached hydrogens (tertiary/aromatic N) is 2. The summed E-state index contributed by atoms with van der Waals surface area (Å²) >= 11 is 0. The van der Waals surface area contributed by atoms with Crippen LogP contribution in [-0.2, 0) is 0 Å². The van der Waals surface area contributed by atoms with Crippen molar-refractivity contribution >= 4 is 0 Å². The quantitative estimate of drug-likeness (QED) is 0.433. The Labute approximate surface area is 89.2 Å². The van der Waals surface area contributed by atoms with Crippen LogP contribution in [0.15, 0.2) is 0 Å². The number of hydrogen-bond acceptors (Lipinski definition) is 6. The molecule has 0 heterocycles. The SMILES string of the molecule is O=[N+]([O-])[O-].O=[N+]([O-])[O-].[Eu+2]. The van der Waals surface area contributed by atoms with Crippen molar-refractivity contribution in [3.63, 3.8) is 0 Å². The van der Waals surface area contributed by atoms with Gasteiger partial charge in [-0.25, -0.2) is 0 Å². The standard InChI is InChI=1S/Eu.2NO3/c;2*2-1(3)4/q+2;2*-1. The summed E-state index contributed by atoms with van der Waals surface area (Å²) in [6.07, 6.45) is 0. The first kappa shape index (κ1) is 16.0. The second-order valence-electron chi connectivity index (χ2n) is 0.447. The van der Waals surface area contributed by atoms with Crippen molar-refractivity contribution in [1.82, 2.24) is 0 Å². The molecule has 8 nitrogen and oxygen atoms in total. The van der Waals surface area contributed by atoms with Crippen molar-refractivity contribution in [3.05, 3.63) is 30.6 Å². The topological polar surface area (TPSA) is 132 Å². The summed E-state index contributed by atoms with van der Waals surface area (Å²) in [5.41, 5.74) is 0. The Morgan fingerprint density at radius 1 is 0.778 bits per heavy atom. The number of rotatable bonds is 0. The van der Waals surface area contributed by atoms with Crippen molar-refractivity contribution in [2.24, 2.45) is 0 Å². The van der Waals surface area contributed by atoms with Crippen LogP contribution in [0.2, 0.25) is 0 Å². The second kappa shape index (κ2) is 10.9. The fourth-order valence-corrected chi connectivity index (χ4v) is 0. The molecule has 0 atom stereocenters. The van der Waals surface area contributed by atoms with Crippen LogP contribution in [-0.4, -0.2) is 10.2 Å². The molecule has 0 fully saturated rings. The van der Waals surface area contributed by atoms with E-state index in [-0.39, 0.29) is 49.4 Å². The van der Waals surface area contributed by atoms with Crippen molar-refractivity contribution < 1.29 is 59.5 Å². The maximum Gasteiger partial charge on any atom is 2.00 e. The van der Waals surface area contributed by atoms with Gasteiger partial charge in [-0.05, 0) is 0 Å². The van der Waals surface area contributed by atoms with Gasteiger partial charge in [-0.2, -0.15) is 0 Å². The van der Waals surface area contributed by atoms with Crippen molar-refractivity contribution in [2.45, 2.75) is 0 Å². The largest absolute Gasteiger partial charge is 2.00 e. The average Bonchev–Trinajstić information content (AvgIpc) is 1.25. The molecule has 0 aliphatic heterocycles. The van der Waals surface area contributed by atoms with Gasteiger partial charge in [0.1, 0.15) is 0 Å². The van der Waals surface area contributed by atoms with Gasteiger partial charge in [0, 0.05) is 0 Å². The Morgan fingerprint density at radius 3 is 0.778 bits per heavy atom. The molecule has 1 radical (unpaired) electrons. The van der Waals surface area contributed by atoms with Gasteiger partial charge >= 0.3 is 49.4 Å². The third-order valence-corrected chi connectivity index (χ3v) is 0. The van der Waals surface area contributed by atoms with Gasteiger partial charge in [0.15, 0.2) is 0 Å². The van der Waals surface area contributed by atoms with Crippen LogP contribution < -0.4 is 0 Å². The van der Waals surface area contributed by atoms with Gasteiger partial charge < -0.3 is 30.6 Å². The molecule has 53 valence electrons. The Balaban J connectivity index is -0.0000000720. The van der Waals surface area contributed by atoms with Crippen LogP contribution >= 0.6 is 0 Å². The van der Waals surface area contributed by atoms with E-state index in [1.807, 2.05) is 0 Å². The molecule has 0 saturated carbocycles.